The topological polar surface area (TPSA) is 49.3 Å². The van der Waals surface area contributed by atoms with E-state index in [1.54, 1.807) is 13.0 Å². The van der Waals surface area contributed by atoms with Gasteiger partial charge < -0.3 is 10.4 Å². The summed E-state index contributed by atoms with van der Waals surface area (Å²) in [6.07, 6.45) is 4.32. The summed E-state index contributed by atoms with van der Waals surface area (Å²) in [6.45, 7) is 3.31. The molecule has 0 unspecified atom stereocenters. The molecular weight excluding hydrogens is 210 g/mol. The fourth-order valence-corrected chi connectivity index (χ4v) is 2.75. The van der Waals surface area contributed by atoms with Gasteiger partial charge in [-0.15, -0.1) is 0 Å². The van der Waals surface area contributed by atoms with Crippen molar-refractivity contribution in [2.24, 2.45) is 5.92 Å². The average molecular weight is 229 g/mol. The molecule has 3 nitrogen and oxygen atoms in total. The number of carboxylic acid groups (broad SMARTS) is 1. The van der Waals surface area contributed by atoms with E-state index in [4.69, 9.17) is 5.11 Å². The van der Waals surface area contributed by atoms with Gasteiger partial charge in [0.05, 0.1) is 0 Å². The minimum atomic E-state index is -0.828. The predicted molar refractivity (Wildman–Crippen MR) is 64.3 cm³/mol. The molecule has 1 aliphatic heterocycles. The van der Waals surface area contributed by atoms with Gasteiger partial charge >= 0.3 is 5.97 Å². The zero-order chi connectivity index (χ0) is 11.1. The highest BCUT2D eigenvalue weighted by Crippen LogP contribution is 2.21. The Bertz CT molecular complexity index is 235. The molecule has 1 fully saturated rings. The highest BCUT2D eigenvalue weighted by atomic mass is 32.2. The molecular formula is C11H19NO2S. The fourth-order valence-electron chi connectivity index (χ4n) is 1.55. The molecule has 0 amide bonds. The van der Waals surface area contributed by atoms with Crippen LogP contribution in [-0.2, 0) is 4.79 Å². The summed E-state index contributed by atoms with van der Waals surface area (Å²) in [5.74, 6) is 2.50. The molecule has 0 aromatic rings. The van der Waals surface area contributed by atoms with E-state index in [0.29, 0.717) is 12.1 Å². The molecule has 15 heavy (non-hydrogen) atoms. The van der Waals surface area contributed by atoms with Crippen LogP contribution in [0.2, 0.25) is 0 Å². The molecule has 1 rings (SSSR count). The number of hydrogen-bond acceptors (Lipinski definition) is 3. The molecule has 0 saturated carbocycles. The van der Waals surface area contributed by atoms with E-state index < -0.39 is 5.97 Å². The van der Waals surface area contributed by atoms with Crippen LogP contribution in [0.4, 0.5) is 0 Å². The van der Waals surface area contributed by atoms with E-state index in [0.717, 1.165) is 12.5 Å². The van der Waals surface area contributed by atoms with Crippen molar-refractivity contribution >= 4 is 17.7 Å². The van der Waals surface area contributed by atoms with Crippen LogP contribution in [0.1, 0.15) is 19.8 Å². The van der Waals surface area contributed by atoms with Crippen molar-refractivity contribution in [2.75, 3.05) is 24.6 Å². The largest absolute Gasteiger partial charge is 0.478 e. The number of carboxylic acids is 1. The first-order valence-electron chi connectivity index (χ1n) is 5.38. The molecule has 0 atom stereocenters. The highest BCUT2D eigenvalue weighted by Gasteiger charge is 2.12. The van der Waals surface area contributed by atoms with Gasteiger partial charge in [-0.3, -0.25) is 0 Å². The van der Waals surface area contributed by atoms with Gasteiger partial charge in [-0.05, 0) is 43.7 Å². The lowest BCUT2D eigenvalue weighted by molar-refractivity contribution is -0.132. The Kier molecular flexibility index (Phi) is 5.79. The molecule has 0 spiro atoms. The van der Waals surface area contributed by atoms with Crippen molar-refractivity contribution in [3.05, 3.63) is 11.6 Å². The van der Waals surface area contributed by atoms with E-state index in [9.17, 15) is 4.79 Å². The maximum absolute atomic E-state index is 10.5. The van der Waals surface area contributed by atoms with Crippen LogP contribution >= 0.6 is 11.8 Å². The number of carbonyl (C=O) groups is 1. The van der Waals surface area contributed by atoms with Crippen LogP contribution in [0.3, 0.4) is 0 Å². The lowest BCUT2D eigenvalue weighted by atomic mass is 10.0. The molecule has 4 heteroatoms. The van der Waals surface area contributed by atoms with Crippen molar-refractivity contribution in [1.29, 1.82) is 0 Å². The third-order valence-corrected chi connectivity index (χ3v) is 3.71. The lowest BCUT2D eigenvalue weighted by Crippen LogP contribution is -2.26. The van der Waals surface area contributed by atoms with Crippen LogP contribution in [0.5, 0.6) is 0 Å². The van der Waals surface area contributed by atoms with Gasteiger partial charge in [-0.1, -0.05) is 6.08 Å². The summed E-state index contributed by atoms with van der Waals surface area (Å²) in [5.41, 5.74) is 0.418. The first-order chi connectivity index (χ1) is 7.20. The van der Waals surface area contributed by atoms with Gasteiger partial charge in [0.15, 0.2) is 0 Å². The Balaban J connectivity index is 2.10. The number of hydrogen-bond donors (Lipinski definition) is 2. The molecule has 2 N–H and O–H groups in total. The summed E-state index contributed by atoms with van der Waals surface area (Å²) < 4.78 is 0. The number of nitrogens with one attached hydrogen (secondary N) is 1. The van der Waals surface area contributed by atoms with Crippen LogP contribution in [-0.4, -0.2) is 35.7 Å². The summed E-state index contributed by atoms with van der Waals surface area (Å²) in [7, 11) is 0. The predicted octanol–water partition coefficient (Wildman–Crippen LogP) is 1.75. The quantitative estimate of drug-likeness (QED) is 0.557. The summed E-state index contributed by atoms with van der Waals surface area (Å²) >= 11 is 2.03. The van der Waals surface area contributed by atoms with Gasteiger partial charge in [-0.25, -0.2) is 4.79 Å². The molecule has 0 aromatic heterocycles. The summed E-state index contributed by atoms with van der Waals surface area (Å²) in [4.78, 5) is 10.5. The van der Waals surface area contributed by atoms with Crippen LogP contribution < -0.4 is 5.32 Å². The third kappa shape index (κ3) is 5.23. The van der Waals surface area contributed by atoms with Crippen LogP contribution in [0.25, 0.3) is 0 Å². The fraction of sp³-hybridized carbons (Fsp3) is 0.727. The van der Waals surface area contributed by atoms with Gasteiger partial charge in [0, 0.05) is 12.1 Å². The van der Waals surface area contributed by atoms with Crippen molar-refractivity contribution in [3.63, 3.8) is 0 Å². The Hall–Kier alpha value is -0.480. The Morgan fingerprint density at radius 1 is 1.53 bits per heavy atom. The van der Waals surface area contributed by atoms with E-state index in [-0.39, 0.29) is 0 Å². The van der Waals surface area contributed by atoms with E-state index in [1.165, 1.54) is 24.3 Å². The van der Waals surface area contributed by atoms with Crippen molar-refractivity contribution < 1.29 is 9.90 Å². The lowest BCUT2D eigenvalue weighted by Gasteiger charge is -2.21. The van der Waals surface area contributed by atoms with Crippen molar-refractivity contribution in [2.45, 2.75) is 19.8 Å². The zero-order valence-electron chi connectivity index (χ0n) is 9.16. The molecule has 0 aromatic carbocycles. The maximum atomic E-state index is 10.5. The van der Waals surface area contributed by atoms with Crippen LogP contribution in [0, 0.1) is 5.92 Å². The highest BCUT2D eigenvalue weighted by molar-refractivity contribution is 7.99. The zero-order valence-corrected chi connectivity index (χ0v) is 9.98. The molecule has 0 aliphatic carbocycles. The minimum Gasteiger partial charge on any atom is -0.478 e. The first kappa shape index (κ1) is 12.6. The molecule has 1 aliphatic rings. The second-order valence-corrected chi connectivity index (χ2v) is 5.13. The molecule has 1 saturated heterocycles. The SMILES string of the molecule is CC(=CCNCC1CCSCC1)C(=O)O. The third-order valence-electron chi connectivity index (χ3n) is 2.66. The van der Waals surface area contributed by atoms with Gasteiger partial charge in [-0.2, -0.15) is 11.8 Å². The molecule has 0 bridgehead atoms. The molecule has 0 radical (unpaired) electrons. The van der Waals surface area contributed by atoms with Gasteiger partial charge in [0.1, 0.15) is 0 Å². The Labute approximate surface area is 95.3 Å². The monoisotopic (exact) mass is 229 g/mol. The Morgan fingerprint density at radius 3 is 2.80 bits per heavy atom. The normalized spacial score (nSPS) is 19.1. The van der Waals surface area contributed by atoms with E-state index >= 15 is 0 Å². The minimum absolute atomic E-state index is 0.418. The summed E-state index contributed by atoms with van der Waals surface area (Å²) in [6, 6.07) is 0. The standard InChI is InChI=1S/C11H19NO2S/c1-9(11(13)14)2-5-12-8-10-3-6-15-7-4-10/h2,10,12H,3-8H2,1H3,(H,13,14). The van der Waals surface area contributed by atoms with Gasteiger partial charge in [0.2, 0.25) is 0 Å². The smallest absolute Gasteiger partial charge is 0.330 e. The first-order valence-corrected chi connectivity index (χ1v) is 6.54. The number of aliphatic carboxylic acids is 1. The number of rotatable bonds is 5. The van der Waals surface area contributed by atoms with E-state index in [1.807, 2.05) is 11.8 Å². The maximum Gasteiger partial charge on any atom is 0.330 e. The van der Waals surface area contributed by atoms with Crippen molar-refractivity contribution in [3.8, 4) is 0 Å². The summed E-state index contributed by atoms with van der Waals surface area (Å²) in [5, 5.41) is 11.9. The van der Waals surface area contributed by atoms with Crippen LogP contribution in [0.15, 0.2) is 11.6 Å². The number of thioether (sulfide) groups is 1. The van der Waals surface area contributed by atoms with E-state index in [2.05, 4.69) is 5.32 Å². The second kappa shape index (κ2) is 6.90. The van der Waals surface area contributed by atoms with Crippen molar-refractivity contribution in [1.82, 2.24) is 5.32 Å². The molecule has 1 heterocycles. The molecule has 86 valence electrons. The Morgan fingerprint density at radius 2 is 2.20 bits per heavy atom. The van der Waals surface area contributed by atoms with Gasteiger partial charge in [0.25, 0.3) is 0 Å². The average Bonchev–Trinajstić information content (AvgIpc) is 2.25. The second-order valence-electron chi connectivity index (χ2n) is 3.91.